The summed E-state index contributed by atoms with van der Waals surface area (Å²) in [5.41, 5.74) is 11.2. The monoisotopic (exact) mass is 324 g/mol. The summed E-state index contributed by atoms with van der Waals surface area (Å²) in [4.78, 5) is 4.40. The van der Waals surface area contributed by atoms with Gasteiger partial charge in [0.15, 0.2) is 0 Å². The fourth-order valence-corrected chi connectivity index (χ4v) is 2.51. The number of nitrogen functional groups attached to an aromatic ring is 1. The largest absolute Gasteiger partial charge is 0.368 e. The molecule has 0 radical (unpaired) electrons. The summed E-state index contributed by atoms with van der Waals surface area (Å²) >= 11 is 5.87. The van der Waals surface area contributed by atoms with Gasteiger partial charge in [0.05, 0.1) is 18.1 Å². The van der Waals surface area contributed by atoms with Crippen molar-refractivity contribution >= 4 is 23.8 Å². The molecule has 2 N–H and O–H groups in total. The van der Waals surface area contributed by atoms with Crippen molar-refractivity contribution in [2.45, 2.75) is 13.8 Å². The van der Waals surface area contributed by atoms with Crippen LogP contribution in [-0.4, -0.2) is 15.9 Å². The van der Waals surface area contributed by atoms with Crippen LogP contribution in [0.15, 0.2) is 53.8 Å². The average molecular weight is 325 g/mol. The Morgan fingerprint density at radius 3 is 2.57 bits per heavy atom. The fourth-order valence-electron chi connectivity index (χ4n) is 2.39. The molecular weight excluding hydrogens is 308 g/mol. The molecule has 1 heterocycles. The minimum absolute atomic E-state index is 0.352. The van der Waals surface area contributed by atoms with E-state index < -0.39 is 0 Å². The van der Waals surface area contributed by atoms with Crippen molar-refractivity contribution in [3.63, 3.8) is 0 Å². The number of hydrogen-bond acceptors (Lipinski definition) is 3. The third-order valence-electron chi connectivity index (χ3n) is 3.57. The van der Waals surface area contributed by atoms with Gasteiger partial charge < -0.3 is 5.73 Å². The molecule has 0 aliphatic carbocycles. The standard InChI is InChI=1S/C18H17ClN4/c1-12-3-8-16(13(2)9-12)17-11-23(18(20)22-17)21-10-14-4-6-15(19)7-5-14/h3-11H,1-2H3,(H2,20,22)/b21-10-. The first-order valence-corrected chi connectivity index (χ1v) is 7.63. The Hall–Kier alpha value is -2.59. The number of halogens is 1. The number of rotatable bonds is 3. The van der Waals surface area contributed by atoms with Gasteiger partial charge in [-0.05, 0) is 37.1 Å². The van der Waals surface area contributed by atoms with Crippen LogP contribution in [0.25, 0.3) is 11.3 Å². The molecule has 0 bridgehead atoms. The summed E-state index contributed by atoms with van der Waals surface area (Å²) in [6.07, 6.45) is 3.56. The predicted molar refractivity (Wildman–Crippen MR) is 96.0 cm³/mol. The molecule has 0 saturated heterocycles. The summed E-state index contributed by atoms with van der Waals surface area (Å²) < 4.78 is 1.57. The molecule has 116 valence electrons. The van der Waals surface area contributed by atoms with Gasteiger partial charge in [-0.2, -0.15) is 5.10 Å². The Morgan fingerprint density at radius 1 is 1.13 bits per heavy atom. The highest BCUT2D eigenvalue weighted by atomic mass is 35.5. The highest BCUT2D eigenvalue weighted by molar-refractivity contribution is 6.30. The summed E-state index contributed by atoms with van der Waals surface area (Å²) in [5, 5.41) is 5.06. The summed E-state index contributed by atoms with van der Waals surface area (Å²) in [6, 6.07) is 13.7. The number of imidazole rings is 1. The zero-order valence-corrected chi connectivity index (χ0v) is 13.7. The topological polar surface area (TPSA) is 56.2 Å². The van der Waals surface area contributed by atoms with Crippen LogP contribution in [-0.2, 0) is 0 Å². The Morgan fingerprint density at radius 2 is 1.87 bits per heavy atom. The molecule has 0 aliphatic heterocycles. The third-order valence-corrected chi connectivity index (χ3v) is 3.83. The molecule has 4 nitrogen and oxygen atoms in total. The molecule has 0 spiro atoms. The maximum absolute atomic E-state index is 5.96. The minimum atomic E-state index is 0.352. The number of aryl methyl sites for hydroxylation is 2. The second-order valence-corrected chi connectivity index (χ2v) is 5.88. The number of benzene rings is 2. The molecule has 0 amide bonds. The molecule has 0 saturated carbocycles. The molecule has 2 aromatic carbocycles. The van der Waals surface area contributed by atoms with Crippen molar-refractivity contribution < 1.29 is 0 Å². The van der Waals surface area contributed by atoms with Crippen LogP contribution in [0.4, 0.5) is 5.95 Å². The lowest BCUT2D eigenvalue weighted by atomic mass is 10.0. The van der Waals surface area contributed by atoms with E-state index in [2.05, 4.69) is 42.1 Å². The molecule has 0 unspecified atom stereocenters. The molecule has 0 fully saturated rings. The van der Waals surface area contributed by atoms with Crippen LogP contribution < -0.4 is 5.73 Å². The Bertz CT molecular complexity index is 863. The van der Waals surface area contributed by atoms with Crippen LogP contribution in [0.3, 0.4) is 0 Å². The second kappa shape index (κ2) is 6.26. The maximum Gasteiger partial charge on any atom is 0.221 e. The van der Waals surface area contributed by atoms with Crippen LogP contribution in [0.2, 0.25) is 5.02 Å². The smallest absolute Gasteiger partial charge is 0.221 e. The van der Waals surface area contributed by atoms with Crippen LogP contribution in [0, 0.1) is 13.8 Å². The normalized spacial score (nSPS) is 11.3. The Labute approximate surface area is 140 Å². The second-order valence-electron chi connectivity index (χ2n) is 5.44. The number of anilines is 1. The van der Waals surface area contributed by atoms with E-state index in [9.17, 15) is 0 Å². The van der Waals surface area contributed by atoms with E-state index in [1.54, 1.807) is 10.9 Å². The molecule has 0 aliphatic rings. The lowest BCUT2D eigenvalue weighted by Gasteiger charge is -2.02. The van der Waals surface area contributed by atoms with E-state index in [4.69, 9.17) is 17.3 Å². The van der Waals surface area contributed by atoms with Crippen molar-refractivity contribution in [1.29, 1.82) is 0 Å². The lowest BCUT2D eigenvalue weighted by Crippen LogP contribution is -1.96. The molecular formula is C18H17ClN4. The van der Waals surface area contributed by atoms with Crippen molar-refractivity contribution in [2.75, 3.05) is 5.73 Å². The van der Waals surface area contributed by atoms with Crippen LogP contribution >= 0.6 is 11.6 Å². The quantitative estimate of drug-likeness (QED) is 0.731. The zero-order chi connectivity index (χ0) is 16.4. The molecule has 5 heteroatoms. The van der Waals surface area contributed by atoms with Crippen molar-refractivity contribution in [1.82, 2.24) is 9.66 Å². The summed E-state index contributed by atoms with van der Waals surface area (Å²) in [5.74, 6) is 0.352. The van der Waals surface area contributed by atoms with Gasteiger partial charge in [0, 0.05) is 10.6 Å². The molecule has 3 aromatic rings. The van der Waals surface area contributed by atoms with E-state index >= 15 is 0 Å². The van der Waals surface area contributed by atoms with Gasteiger partial charge in [0.2, 0.25) is 5.95 Å². The summed E-state index contributed by atoms with van der Waals surface area (Å²) in [7, 11) is 0. The van der Waals surface area contributed by atoms with E-state index in [0.717, 1.165) is 22.4 Å². The zero-order valence-electron chi connectivity index (χ0n) is 13.0. The van der Waals surface area contributed by atoms with Gasteiger partial charge in [-0.15, -0.1) is 0 Å². The van der Waals surface area contributed by atoms with Crippen molar-refractivity contribution in [3.05, 3.63) is 70.4 Å². The van der Waals surface area contributed by atoms with Crippen molar-refractivity contribution in [2.24, 2.45) is 5.10 Å². The van der Waals surface area contributed by atoms with E-state index in [-0.39, 0.29) is 0 Å². The first-order valence-electron chi connectivity index (χ1n) is 7.25. The predicted octanol–water partition coefficient (Wildman–Crippen LogP) is 4.28. The molecule has 3 rings (SSSR count). The first-order chi connectivity index (χ1) is 11.0. The average Bonchev–Trinajstić information content (AvgIpc) is 2.87. The highest BCUT2D eigenvalue weighted by Crippen LogP contribution is 2.24. The van der Waals surface area contributed by atoms with E-state index in [1.807, 2.05) is 30.5 Å². The van der Waals surface area contributed by atoms with E-state index in [1.165, 1.54) is 5.56 Å². The Kier molecular flexibility index (Phi) is 4.17. The van der Waals surface area contributed by atoms with Gasteiger partial charge in [-0.1, -0.05) is 47.5 Å². The fraction of sp³-hybridized carbons (Fsp3) is 0.111. The van der Waals surface area contributed by atoms with Gasteiger partial charge >= 0.3 is 0 Å². The first kappa shape index (κ1) is 15.3. The molecule has 23 heavy (non-hydrogen) atoms. The number of nitrogens with two attached hydrogens (primary N) is 1. The maximum atomic E-state index is 5.96. The Balaban J connectivity index is 1.90. The SMILES string of the molecule is Cc1ccc(-c2cn(/N=C\c3ccc(Cl)cc3)c(N)n2)c(C)c1. The number of aromatic nitrogens is 2. The van der Waals surface area contributed by atoms with Crippen LogP contribution in [0.1, 0.15) is 16.7 Å². The van der Waals surface area contributed by atoms with Gasteiger partial charge in [0.25, 0.3) is 0 Å². The minimum Gasteiger partial charge on any atom is -0.368 e. The number of hydrogen-bond donors (Lipinski definition) is 1. The summed E-state index contributed by atoms with van der Waals surface area (Å²) in [6.45, 7) is 4.13. The molecule has 0 atom stereocenters. The van der Waals surface area contributed by atoms with Gasteiger partial charge in [-0.3, -0.25) is 0 Å². The number of nitrogens with zero attached hydrogens (tertiary/aromatic N) is 3. The van der Waals surface area contributed by atoms with Gasteiger partial charge in [0.1, 0.15) is 0 Å². The van der Waals surface area contributed by atoms with Crippen LogP contribution in [0.5, 0.6) is 0 Å². The van der Waals surface area contributed by atoms with E-state index in [0.29, 0.717) is 11.0 Å². The molecule has 1 aromatic heterocycles. The van der Waals surface area contributed by atoms with Gasteiger partial charge in [-0.25, -0.2) is 9.66 Å². The van der Waals surface area contributed by atoms with Crippen molar-refractivity contribution in [3.8, 4) is 11.3 Å². The highest BCUT2D eigenvalue weighted by Gasteiger charge is 2.08. The third kappa shape index (κ3) is 3.43. The lowest BCUT2D eigenvalue weighted by molar-refractivity contribution is 0.898.